The van der Waals surface area contributed by atoms with Crippen LogP contribution >= 0.6 is 0 Å². The van der Waals surface area contributed by atoms with E-state index in [1.165, 1.54) is 5.56 Å². The maximum absolute atomic E-state index is 9.38. The molecule has 88 valence electrons. The van der Waals surface area contributed by atoms with Gasteiger partial charge in [0.25, 0.3) is 0 Å². The van der Waals surface area contributed by atoms with Gasteiger partial charge in [-0.05, 0) is 30.5 Å². The maximum atomic E-state index is 9.38. The number of aliphatic hydroxyl groups is 1. The third-order valence-electron chi connectivity index (χ3n) is 2.65. The first-order valence-electron chi connectivity index (χ1n) is 5.86. The Labute approximate surface area is 98.0 Å². The zero-order chi connectivity index (χ0) is 11.8. The molecule has 0 saturated heterocycles. The molecule has 0 spiro atoms. The van der Waals surface area contributed by atoms with Gasteiger partial charge in [0.05, 0.1) is 6.10 Å². The van der Waals surface area contributed by atoms with E-state index in [0.29, 0.717) is 0 Å². The molecular formula is C14H21NO. The molecule has 1 aromatic rings. The Morgan fingerprint density at radius 2 is 2.06 bits per heavy atom. The van der Waals surface area contributed by atoms with E-state index >= 15 is 0 Å². The van der Waals surface area contributed by atoms with Gasteiger partial charge in [0, 0.05) is 6.54 Å². The van der Waals surface area contributed by atoms with Crippen LogP contribution in [0, 0.1) is 0 Å². The van der Waals surface area contributed by atoms with Crippen LogP contribution in [0.15, 0.2) is 36.9 Å². The van der Waals surface area contributed by atoms with Crippen LogP contribution in [0.2, 0.25) is 0 Å². The molecule has 1 atom stereocenters. The minimum atomic E-state index is -0.183. The Morgan fingerprint density at radius 3 is 2.69 bits per heavy atom. The molecule has 0 saturated carbocycles. The van der Waals surface area contributed by atoms with Gasteiger partial charge in [0.2, 0.25) is 0 Å². The van der Waals surface area contributed by atoms with Crippen LogP contribution in [0.4, 0.5) is 0 Å². The molecule has 16 heavy (non-hydrogen) atoms. The molecule has 0 fully saturated rings. The third kappa shape index (κ3) is 4.60. The fourth-order valence-corrected chi connectivity index (χ4v) is 1.49. The van der Waals surface area contributed by atoms with Crippen LogP contribution in [0.1, 0.15) is 25.3 Å². The van der Waals surface area contributed by atoms with Gasteiger partial charge in [-0.1, -0.05) is 43.8 Å². The van der Waals surface area contributed by atoms with E-state index in [1.807, 2.05) is 25.1 Å². The minimum absolute atomic E-state index is 0.183. The van der Waals surface area contributed by atoms with E-state index in [-0.39, 0.29) is 6.10 Å². The first kappa shape index (κ1) is 12.9. The lowest BCUT2D eigenvalue weighted by atomic mass is 10.1. The zero-order valence-corrected chi connectivity index (χ0v) is 9.95. The summed E-state index contributed by atoms with van der Waals surface area (Å²) in [5.74, 6) is 0. The van der Waals surface area contributed by atoms with Crippen LogP contribution < -0.4 is 5.32 Å². The third-order valence-corrected chi connectivity index (χ3v) is 2.65. The van der Waals surface area contributed by atoms with Crippen molar-refractivity contribution in [3.05, 3.63) is 42.5 Å². The second kappa shape index (κ2) is 7.20. The fraction of sp³-hybridized carbons (Fsp3) is 0.429. The van der Waals surface area contributed by atoms with Gasteiger partial charge >= 0.3 is 0 Å². The number of hydrogen-bond acceptors (Lipinski definition) is 2. The molecule has 0 aromatic heterocycles. The molecule has 0 aliphatic heterocycles. The number of hydrogen-bond donors (Lipinski definition) is 2. The topological polar surface area (TPSA) is 32.3 Å². The van der Waals surface area contributed by atoms with Gasteiger partial charge in [0.15, 0.2) is 0 Å². The van der Waals surface area contributed by atoms with Gasteiger partial charge in [-0.15, -0.1) is 0 Å². The van der Waals surface area contributed by atoms with E-state index in [0.717, 1.165) is 31.5 Å². The van der Waals surface area contributed by atoms with Crippen LogP contribution in [0.3, 0.4) is 0 Å². The summed E-state index contributed by atoms with van der Waals surface area (Å²) in [6.45, 7) is 7.64. The van der Waals surface area contributed by atoms with Crippen molar-refractivity contribution >= 4 is 5.57 Å². The number of benzene rings is 1. The Morgan fingerprint density at radius 1 is 1.38 bits per heavy atom. The summed E-state index contributed by atoms with van der Waals surface area (Å²) < 4.78 is 0. The smallest absolute Gasteiger partial charge is 0.0549 e. The van der Waals surface area contributed by atoms with Crippen molar-refractivity contribution in [2.24, 2.45) is 0 Å². The average Bonchev–Trinajstić information content (AvgIpc) is 2.35. The summed E-state index contributed by atoms with van der Waals surface area (Å²) in [5, 5.41) is 12.7. The number of nitrogens with one attached hydrogen (secondary N) is 1. The van der Waals surface area contributed by atoms with Crippen molar-refractivity contribution in [1.82, 2.24) is 5.32 Å². The summed E-state index contributed by atoms with van der Waals surface area (Å²) in [4.78, 5) is 0. The quantitative estimate of drug-likeness (QED) is 0.690. The largest absolute Gasteiger partial charge is 0.393 e. The summed E-state index contributed by atoms with van der Waals surface area (Å²) in [5.41, 5.74) is 2.26. The second-order valence-electron chi connectivity index (χ2n) is 4.00. The summed E-state index contributed by atoms with van der Waals surface area (Å²) >= 11 is 0. The Hall–Kier alpha value is -1.12. The molecule has 0 aliphatic rings. The van der Waals surface area contributed by atoms with Crippen LogP contribution in [-0.4, -0.2) is 24.3 Å². The fourth-order valence-electron chi connectivity index (χ4n) is 1.49. The molecule has 1 rings (SSSR count). The van der Waals surface area contributed by atoms with Gasteiger partial charge in [-0.2, -0.15) is 0 Å². The van der Waals surface area contributed by atoms with Crippen molar-refractivity contribution in [2.75, 3.05) is 13.1 Å². The minimum Gasteiger partial charge on any atom is -0.393 e. The lowest BCUT2D eigenvalue weighted by Crippen LogP contribution is -2.21. The predicted octanol–water partition coefficient (Wildman–Crippen LogP) is 2.45. The van der Waals surface area contributed by atoms with E-state index in [1.54, 1.807) is 0 Å². The van der Waals surface area contributed by atoms with Crippen molar-refractivity contribution < 1.29 is 5.11 Å². The molecule has 0 amide bonds. The summed E-state index contributed by atoms with van der Waals surface area (Å²) in [6, 6.07) is 10.2. The van der Waals surface area contributed by atoms with E-state index in [2.05, 4.69) is 24.0 Å². The van der Waals surface area contributed by atoms with Crippen LogP contribution in [0.25, 0.3) is 5.57 Å². The molecular weight excluding hydrogens is 198 g/mol. The highest BCUT2D eigenvalue weighted by atomic mass is 16.3. The van der Waals surface area contributed by atoms with Crippen molar-refractivity contribution in [2.45, 2.75) is 25.9 Å². The highest BCUT2D eigenvalue weighted by Gasteiger charge is 2.00. The molecule has 2 N–H and O–H groups in total. The molecule has 0 radical (unpaired) electrons. The van der Waals surface area contributed by atoms with Gasteiger partial charge < -0.3 is 10.4 Å². The van der Waals surface area contributed by atoms with Gasteiger partial charge in [-0.3, -0.25) is 0 Å². The molecule has 0 bridgehead atoms. The second-order valence-corrected chi connectivity index (χ2v) is 4.00. The number of rotatable bonds is 7. The molecule has 2 nitrogen and oxygen atoms in total. The van der Waals surface area contributed by atoms with Crippen molar-refractivity contribution in [3.63, 3.8) is 0 Å². The first-order chi connectivity index (χ1) is 7.74. The monoisotopic (exact) mass is 219 g/mol. The normalized spacial score (nSPS) is 12.4. The van der Waals surface area contributed by atoms with E-state index < -0.39 is 0 Å². The lowest BCUT2D eigenvalue weighted by molar-refractivity contribution is 0.160. The molecule has 1 unspecified atom stereocenters. The summed E-state index contributed by atoms with van der Waals surface area (Å²) in [6.07, 6.45) is 1.44. The zero-order valence-electron chi connectivity index (χ0n) is 9.95. The standard InChI is InChI=1S/C14H21NO/c1-3-14(16)9-10-15-11-12(2)13-7-5-4-6-8-13/h4-8,14-16H,2-3,9-11H2,1H3. The van der Waals surface area contributed by atoms with Crippen LogP contribution in [-0.2, 0) is 0 Å². The SMILES string of the molecule is C=C(CNCCC(O)CC)c1ccccc1. The Balaban J connectivity index is 2.21. The summed E-state index contributed by atoms with van der Waals surface area (Å²) in [7, 11) is 0. The molecule has 2 heteroatoms. The lowest BCUT2D eigenvalue weighted by Gasteiger charge is -2.10. The van der Waals surface area contributed by atoms with E-state index in [4.69, 9.17) is 0 Å². The predicted molar refractivity (Wildman–Crippen MR) is 69.3 cm³/mol. The molecule has 0 heterocycles. The highest BCUT2D eigenvalue weighted by Crippen LogP contribution is 2.09. The van der Waals surface area contributed by atoms with Gasteiger partial charge in [-0.25, -0.2) is 0 Å². The van der Waals surface area contributed by atoms with Crippen molar-refractivity contribution in [1.29, 1.82) is 0 Å². The average molecular weight is 219 g/mol. The first-order valence-corrected chi connectivity index (χ1v) is 5.86. The van der Waals surface area contributed by atoms with Gasteiger partial charge in [0.1, 0.15) is 0 Å². The molecule has 1 aromatic carbocycles. The Bertz CT molecular complexity index is 308. The van der Waals surface area contributed by atoms with E-state index in [9.17, 15) is 5.11 Å². The number of aliphatic hydroxyl groups excluding tert-OH is 1. The highest BCUT2D eigenvalue weighted by molar-refractivity contribution is 5.64. The maximum Gasteiger partial charge on any atom is 0.0549 e. The van der Waals surface area contributed by atoms with Crippen LogP contribution in [0.5, 0.6) is 0 Å². The van der Waals surface area contributed by atoms with Crippen molar-refractivity contribution in [3.8, 4) is 0 Å². The Kier molecular flexibility index (Phi) is 5.83. The molecule has 0 aliphatic carbocycles.